The minimum atomic E-state index is -3.98. The predicted molar refractivity (Wildman–Crippen MR) is 127 cm³/mol. The van der Waals surface area contributed by atoms with Crippen molar-refractivity contribution in [1.29, 1.82) is 0 Å². The molecule has 4 rings (SSSR count). The minimum Gasteiger partial charge on any atom is -0.474 e. The Hall–Kier alpha value is -3.49. The van der Waals surface area contributed by atoms with Gasteiger partial charge in [-0.05, 0) is 40.6 Å². The van der Waals surface area contributed by atoms with E-state index in [0.717, 1.165) is 11.1 Å². The SMILES string of the molecule is O=S(=O)(Oc1cc(CCC(=S)OC(c2ccccc2)c2ccccc2)on1)c1ccccc1. The van der Waals surface area contributed by atoms with Crippen molar-refractivity contribution < 1.29 is 21.9 Å². The molecule has 8 heteroatoms. The van der Waals surface area contributed by atoms with Crippen LogP contribution in [-0.4, -0.2) is 18.6 Å². The number of nitrogens with zero attached hydrogens (tertiary/aromatic N) is 1. The second-order valence-corrected chi connectivity index (χ2v) is 9.17. The third-order valence-corrected chi connectivity index (χ3v) is 6.33. The molecule has 4 aromatic rings. The Morgan fingerprint density at radius 1 is 0.879 bits per heavy atom. The van der Waals surface area contributed by atoms with Crippen molar-refractivity contribution in [1.82, 2.24) is 5.16 Å². The Labute approximate surface area is 197 Å². The predicted octanol–water partition coefficient (Wildman–Crippen LogP) is 5.51. The van der Waals surface area contributed by atoms with Gasteiger partial charge in [0.25, 0.3) is 5.88 Å². The highest BCUT2D eigenvalue weighted by molar-refractivity contribution is 7.87. The molecular weight excluding hydrogens is 458 g/mol. The van der Waals surface area contributed by atoms with Crippen LogP contribution in [0.15, 0.2) is 106 Å². The lowest BCUT2D eigenvalue weighted by molar-refractivity contribution is 0.232. The highest BCUT2D eigenvalue weighted by Gasteiger charge is 2.20. The second kappa shape index (κ2) is 10.4. The average Bonchev–Trinajstić information content (AvgIpc) is 3.29. The van der Waals surface area contributed by atoms with E-state index in [1.165, 1.54) is 18.2 Å². The molecule has 6 nitrogen and oxygen atoms in total. The Kier molecular flexibility index (Phi) is 7.16. The van der Waals surface area contributed by atoms with Gasteiger partial charge in [0.1, 0.15) is 16.8 Å². The lowest BCUT2D eigenvalue weighted by Crippen LogP contribution is -2.12. The zero-order valence-electron chi connectivity index (χ0n) is 17.5. The van der Waals surface area contributed by atoms with Crippen LogP contribution in [0.3, 0.4) is 0 Å². The summed E-state index contributed by atoms with van der Waals surface area (Å²) in [6.07, 6.45) is 0.451. The molecule has 3 aromatic carbocycles. The summed E-state index contributed by atoms with van der Waals surface area (Å²) >= 11 is 5.48. The number of hydrogen-bond acceptors (Lipinski definition) is 7. The molecule has 0 amide bonds. The number of aromatic nitrogens is 1. The van der Waals surface area contributed by atoms with Gasteiger partial charge in [0.05, 0.1) is 0 Å². The number of thiocarbonyl (C=S) groups is 1. The zero-order valence-corrected chi connectivity index (χ0v) is 19.2. The summed E-state index contributed by atoms with van der Waals surface area (Å²) in [4.78, 5) is 0.0389. The standard InChI is InChI=1S/C25H21NO5S2/c27-33(28,22-14-8-3-9-15-22)31-23-18-21(30-26-23)16-17-24(32)29-25(19-10-4-1-5-11-19)20-12-6-2-7-13-20/h1-15,18,25H,16-17H2. The van der Waals surface area contributed by atoms with E-state index in [9.17, 15) is 8.42 Å². The third-order valence-electron chi connectivity index (χ3n) is 4.79. The number of aryl methyl sites for hydroxylation is 1. The Morgan fingerprint density at radius 3 is 2.00 bits per heavy atom. The molecule has 168 valence electrons. The molecule has 1 heterocycles. The largest absolute Gasteiger partial charge is 0.474 e. The number of benzene rings is 3. The smallest absolute Gasteiger partial charge is 0.340 e. The Morgan fingerprint density at radius 2 is 1.42 bits per heavy atom. The van der Waals surface area contributed by atoms with Crippen molar-refractivity contribution in [3.8, 4) is 5.88 Å². The third kappa shape index (κ3) is 6.06. The quantitative estimate of drug-likeness (QED) is 0.231. The average molecular weight is 480 g/mol. The number of ether oxygens (including phenoxy) is 1. The summed E-state index contributed by atoms with van der Waals surface area (Å²) < 4.78 is 41.1. The van der Waals surface area contributed by atoms with Gasteiger partial charge in [0.15, 0.2) is 5.05 Å². The monoisotopic (exact) mass is 479 g/mol. The van der Waals surface area contributed by atoms with Crippen molar-refractivity contribution in [2.45, 2.75) is 23.8 Å². The van der Waals surface area contributed by atoms with Crippen LogP contribution in [0.1, 0.15) is 29.4 Å². The first-order valence-electron chi connectivity index (χ1n) is 10.3. The highest BCUT2D eigenvalue weighted by atomic mass is 32.2. The van der Waals surface area contributed by atoms with Crippen molar-refractivity contribution in [3.63, 3.8) is 0 Å². The van der Waals surface area contributed by atoms with Crippen LogP contribution in [0.5, 0.6) is 5.88 Å². The van der Waals surface area contributed by atoms with E-state index in [-0.39, 0.29) is 16.9 Å². The molecule has 0 atom stereocenters. The van der Waals surface area contributed by atoms with Crippen LogP contribution in [0.4, 0.5) is 0 Å². The fraction of sp³-hybridized carbons (Fsp3) is 0.120. The molecule has 0 radical (unpaired) electrons. The van der Waals surface area contributed by atoms with Gasteiger partial charge in [-0.25, -0.2) is 0 Å². The van der Waals surface area contributed by atoms with Crippen LogP contribution in [-0.2, 0) is 21.3 Å². The maximum Gasteiger partial charge on any atom is 0.340 e. The van der Waals surface area contributed by atoms with Gasteiger partial charge in [-0.15, -0.1) is 0 Å². The van der Waals surface area contributed by atoms with Crippen molar-refractivity contribution in [2.24, 2.45) is 0 Å². The molecule has 1 aromatic heterocycles. The van der Waals surface area contributed by atoms with Crippen LogP contribution in [0.2, 0.25) is 0 Å². The van der Waals surface area contributed by atoms with Gasteiger partial charge >= 0.3 is 10.1 Å². The molecule has 0 N–H and O–H groups in total. The number of rotatable bonds is 9. The Balaban J connectivity index is 1.38. The maximum atomic E-state index is 12.3. The molecule has 0 bridgehead atoms. The van der Waals surface area contributed by atoms with Crippen molar-refractivity contribution in [3.05, 3.63) is 114 Å². The van der Waals surface area contributed by atoms with Gasteiger partial charge < -0.3 is 13.4 Å². The van der Waals surface area contributed by atoms with E-state index in [1.807, 2.05) is 60.7 Å². The molecule has 0 aliphatic rings. The Bertz CT molecular complexity index is 1250. The van der Waals surface area contributed by atoms with Gasteiger partial charge in [0, 0.05) is 18.9 Å². The maximum absolute atomic E-state index is 12.3. The summed E-state index contributed by atoms with van der Waals surface area (Å²) in [7, 11) is -3.98. The van der Waals surface area contributed by atoms with E-state index < -0.39 is 10.1 Å². The summed E-state index contributed by atoms with van der Waals surface area (Å²) in [5, 5.41) is 4.11. The fourth-order valence-electron chi connectivity index (χ4n) is 3.20. The molecule has 0 unspecified atom stereocenters. The molecule has 0 spiro atoms. The zero-order chi connectivity index (χ0) is 23.1. The minimum absolute atomic E-state index is 0.0389. The van der Waals surface area contributed by atoms with Crippen molar-refractivity contribution in [2.75, 3.05) is 0 Å². The van der Waals surface area contributed by atoms with Gasteiger partial charge in [-0.3, -0.25) is 0 Å². The number of hydrogen-bond donors (Lipinski definition) is 0. The molecule has 0 aliphatic carbocycles. The van der Waals surface area contributed by atoms with E-state index in [4.69, 9.17) is 25.7 Å². The lowest BCUT2D eigenvalue weighted by Gasteiger charge is -2.20. The lowest BCUT2D eigenvalue weighted by atomic mass is 10.0. The highest BCUT2D eigenvalue weighted by Crippen LogP contribution is 2.27. The molecule has 33 heavy (non-hydrogen) atoms. The van der Waals surface area contributed by atoms with Gasteiger partial charge in [0.2, 0.25) is 0 Å². The van der Waals surface area contributed by atoms with E-state index in [2.05, 4.69) is 5.16 Å². The summed E-state index contributed by atoms with van der Waals surface area (Å²) in [6, 6.07) is 29.0. The topological polar surface area (TPSA) is 78.6 Å². The first-order valence-corrected chi connectivity index (χ1v) is 12.1. The molecule has 0 saturated heterocycles. The normalized spacial score (nSPS) is 11.3. The summed E-state index contributed by atoms with van der Waals surface area (Å²) in [6.45, 7) is 0. The second-order valence-electron chi connectivity index (χ2n) is 7.17. The van der Waals surface area contributed by atoms with E-state index in [0.29, 0.717) is 23.7 Å². The van der Waals surface area contributed by atoms with Crippen LogP contribution >= 0.6 is 12.2 Å². The molecular formula is C25H21NO5S2. The summed E-state index contributed by atoms with van der Waals surface area (Å²) in [5.41, 5.74) is 1.99. The first-order chi connectivity index (χ1) is 16.0. The van der Waals surface area contributed by atoms with Gasteiger partial charge in [-0.1, -0.05) is 78.9 Å². The van der Waals surface area contributed by atoms with E-state index in [1.54, 1.807) is 18.2 Å². The summed E-state index contributed by atoms with van der Waals surface area (Å²) in [5.74, 6) is 0.308. The van der Waals surface area contributed by atoms with Gasteiger partial charge in [-0.2, -0.15) is 8.42 Å². The van der Waals surface area contributed by atoms with E-state index >= 15 is 0 Å². The molecule has 0 saturated carbocycles. The van der Waals surface area contributed by atoms with Crippen LogP contribution in [0.25, 0.3) is 0 Å². The molecule has 0 fully saturated rings. The van der Waals surface area contributed by atoms with Crippen LogP contribution < -0.4 is 4.18 Å². The van der Waals surface area contributed by atoms with Crippen LogP contribution in [0, 0.1) is 0 Å². The van der Waals surface area contributed by atoms with Crippen molar-refractivity contribution >= 4 is 27.4 Å². The fourth-order valence-corrected chi connectivity index (χ4v) is 4.29. The first kappa shape index (κ1) is 22.7. The molecule has 0 aliphatic heterocycles.